The van der Waals surface area contributed by atoms with Gasteiger partial charge in [-0.2, -0.15) is 4.98 Å². The summed E-state index contributed by atoms with van der Waals surface area (Å²) >= 11 is 5.92. The van der Waals surface area contributed by atoms with Gasteiger partial charge in [0.25, 0.3) is 0 Å². The minimum Gasteiger partial charge on any atom is -0.478 e. The molecule has 9 heteroatoms. The van der Waals surface area contributed by atoms with Gasteiger partial charge in [0.2, 0.25) is 23.5 Å². The standard InChI is InChI=1S/C18H16ClFN4O3/c1-2-26-16-7-6-11(9-22-16)18-23-17(27-24-18)10-21-15(25)8-12-13(19)4-3-5-14(12)20/h3-7,9H,2,8,10H2,1H3,(H,21,25). The number of nitrogens with one attached hydrogen (secondary N) is 1. The lowest BCUT2D eigenvalue weighted by Gasteiger charge is -2.05. The lowest BCUT2D eigenvalue weighted by atomic mass is 10.1. The van der Waals surface area contributed by atoms with Gasteiger partial charge in [0.15, 0.2) is 0 Å². The second-order valence-electron chi connectivity index (χ2n) is 5.48. The van der Waals surface area contributed by atoms with Crippen LogP contribution >= 0.6 is 11.6 Å². The number of nitrogens with zero attached hydrogens (tertiary/aromatic N) is 3. The average Bonchev–Trinajstić information content (AvgIpc) is 3.13. The van der Waals surface area contributed by atoms with E-state index in [-0.39, 0.29) is 29.4 Å². The molecule has 1 aromatic carbocycles. The highest BCUT2D eigenvalue weighted by Crippen LogP contribution is 2.20. The summed E-state index contributed by atoms with van der Waals surface area (Å²) in [5.74, 6) is 0.119. The zero-order valence-corrected chi connectivity index (χ0v) is 15.2. The van der Waals surface area contributed by atoms with E-state index in [4.69, 9.17) is 20.9 Å². The molecule has 0 saturated heterocycles. The van der Waals surface area contributed by atoms with Crippen molar-refractivity contribution in [3.63, 3.8) is 0 Å². The molecule has 0 radical (unpaired) electrons. The number of amides is 1. The summed E-state index contributed by atoms with van der Waals surface area (Å²) in [6.45, 7) is 2.41. The number of halogens is 2. The maximum Gasteiger partial charge on any atom is 0.246 e. The Bertz CT molecular complexity index is 910. The smallest absolute Gasteiger partial charge is 0.246 e. The second-order valence-corrected chi connectivity index (χ2v) is 5.89. The van der Waals surface area contributed by atoms with Gasteiger partial charge in [0.1, 0.15) is 5.82 Å². The number of aromatic nitrogens is 3. The molecule has 0 bridgehead atoms. The van der Waals surface area contributed by atoms with Crippen LogP contribution in [0.3, 0.4) is 0 Å². The Morgan fingerprint density at radius 2 is 2.19 bits per heavy atom. The first-order chi connectivity index (χ1) is 13.1. The highest BCUT2D eigenvalue weighted by atomic mass is 35.5. The molecule has 0 saturated carbocycles. The predicted molar refractivity (Wildman–Crippen MR) is 95.7 cm³/mol. The Morgan fingerprint density at radius 3 is 2.89 bits per heavy atom. The maximum absolute atomic E-state index is 13.7. The van der Waals surface area contributed by atoms with Crippen LogP contribution in [0.2, 0.25) is 5.02 Å². The Labute approximate surface area is 159 Å². The van der Waals surface area contributed by atoms with Crippen molar-refractivity contribution in [1.82, 2.24) is 20.4 Å². The highest BCUT2D eigenvalue weighted by Gasteiger charge is 2.14. The van der Waals surface area contributed by atoms with Crippen molar-refractivity contribution in [3.05, 3.63) is 58.8 Å². The molecule has 0 unspecified atom stereocenters. The molecule has 0 spiro atoms. The topological polar surface area (TPSA) is 90.1 Å². The summed E-state index contributed by atoms with van der Waals surface area (Å²) in [5.41, 5.74) is 0.793. The van der Waals surface area contributed by atoms with Crippen molar-refractivity contribution >= 4 is 17.5 Å². The second kappa shape index (κ2) is 8.59. The quantitative estimate of drug-likeness (QED) is 0.666. The summed E-state index contributed by atoms with van der Waals surface area (Å²) in [7, 11) is 0. The number of hydrogen-bond donors (Lipinski definition) is 1. The third kappa shape index (κ3) is 4.79. The van der Waals surface area contributed by atoms with E-state index >= 15 is 0 Å². The van der Waals surface area contributed by atoms with Gasteiger partial charge in [-0.25, -0.2) is 9.37 Å². The lowest BCUT2D eigenvalue weighted by Crippen LogP contribution is -2.25. The van der Waals surface area contributed by atoms with E-state index in [0.717, 1.165) is 0 Å². The van der Waals surface area contributed by atoms with E-state index < -0.39 is 11.7 Å². The highest BCUT2D eigenvalue weighted by molar-refractivity contribution is 6.31. The fourth-order valence-electron chi connectivity index (χ4n) is 2.29. The normalized spacial score (nSPS) is 10.6. The van der Waals surface area contributed by atoms with Crippen LogP contribution in [-0.4, -0.2) is 27.6 Å². The lowest BCUT2D eigenvalue weighted by molar-refractivity contribution is -0.120. The molecule has 0 fully saturated rings. The SMILES string of the molecule is CCOc1ccc(-c2noc(CNC(=O)Cc3c(F)cccc3Cl)n2)cn1. The van der Waals surface area contributed by atoms with Crippen molar-refractivity contribution in [2.24, 2.45) is 0 Å². The van der Waals surface area contributed by atoms with Crippen LogP contribution in [0.1, 0.15) is 18.4 Å². The zero-order valence-electron chi connectivity index (χ0n) is 14.4. The Hall–Kier alpha value is -3.00. The van der Waals surface area contributed by atoms with E-state index in [2.05, 4.69) is 20.4 Å². The molecule has 2 aromatic heterocycles. The number of carbonyl (C=O) groups is 1. The maximum atomic E-state index is 13.7. The minimum absolute atomic E-state index is 0.0162. The zero-order chi connectivity index (χ0) is 19.2. The van der Waals surface area contributed by atoms with E-state index in [1.807, 2.05) is 6.92 Å². The van der Waals surface area contributed by atoms with Crippen molar-refractivity contribution < 1.29 is 18.4 Å². The number of carbonyl (C=O) groups excluding carboxylic acids is 1. The summed E-state index contributed by atoms with van der Waals surface area (Å²) in [5, 5.41) is 6.65. The van der Waals surface area contributed by atoms with E-state index in [1.54, 1.807) is 18.3 Å². The molecule has 1 N–H and O–H groups in total. The number of pyridine rings is 1. The van der Waals surface area contributed by atoms with Crippen LogP contribution in [0.5, 0.6) is 5.88 Å². The summed E-state index contributed by atoms with van der Waals surface area (Å²) in [6, 6.07) is 7.72. The molecular formula is C18H16ClFN4O3. The molecule has 1 amide bonds. The number of ether oxygens (including phenoxy) is 1. The van der Waals surface area contributed by atoms with Gasteiger partial charge in [-0.15, -0.1) is 0 Å². The first kappa shape index (κ1) is 18.8. The van der Waals surface area contributed by atoms with E-state index in [0.29, 0.717) is 23.9 Å². The third-order valence-electron chi connectivity index (χ3n) is 3.59. The van der Waals surface area contributed by atoms with Gasteiger partial charge in [-0.05, 0) is 25.1 Å². The van der Waals surface area contributed by atoms with Crippen molar-refractivity contribution in [2.45, 2.75) is 19.9 Å². The number of hydrogen-bond acceptors (Lipinski definition) is 6. The molecule has 2 heterocycles. The van der Waals surface area contributed by atoms with Gasteiger partial charge in [0.05, 0.1) is 19.6 Å². The molecule has 0 atom stereocenters. The molecule has 0 aliphatic carbocycles. The fraction of sp³-hybridized carbons (Fsp3) is 0.222. The molecule has 0 aliphatic heterocycles. The first-order valence-electron chi connectivity index (χ1n) is 8.18. The van der Waals surface area contributed by atoms with Crippen LogP contribution in [0.15, 0.2) is 41.1 Å². The third-order valence-corrected chi connectivity index (χ3v) is 3.94. The van der Waals surface area contributed by atoms with Crippen molar-refractivity contribution in [2.75, 3.05) is 6.61 Å². The van der Waals surface area contributed by atoms with Gasteiger partial charge in [-0.3, -0.25) is 4.79 Å². The monoisotopic (exact) mass is 390 g/mol. The van der Waals surface area contributed by atoms with Gasteiger partial charge < -0.3 is 14.6 Å². The summed E-state index contributed by atoms with van der Waals surface area (Å²) < 4.78 is 24.1. The average molecular weight is 391 g/mol. The van der Waals surface area contributed by atoms with Crippen LogP contribution < -0.4 is 10.1 Å². The van der Waals surface area contributed by atoms with Crippen LogP contribution in [0, 0.1) is 5.82 Å². The predicted octanol–water partition coefficient (Wildman–Crippen LogP) is 3.18. The van der Waals surface area contributed by atoms with Crippen LogP contribution in [0.25, 0.3) is 11.4 Å². The summed E-state index contributed by atoms with van der Waals surface area (Å²) in [6.07, 6.45) is 1.38. The van der Waals surface area contributed by atoms with Crippen LogP contribution in [-0.2, 0) is 17.8 Å². The molecule has 140 valence electrons. The Kier molecular flexibility index (Phi) is 5.97. The molecule has 27 heavy (non-hydrogen) atoms. The molecule has 3 aromatic rings. The summed E-state index contributed by atoms with van der Waals surface area (Å²) in [4.78, 5) is 20.3. The Morgan fingerprint density at radius 1 is 1.33 bits per heavy atom. The minimum atomic E-state index is -0.527. The van der Waals surface area contributed by atoms with Gasteiger partial charge in [-0.1, -0.05) is 22.8 Å². The number of benzene rings is 1. The molecular weight excluding hydrogens is 375 g/mol. The molecule has 3 rings (SSSR count). The van der Waals surface area contributed by atoms with E-state index in [1.165, 1.54) is 18.2 Å². The largest absolute Gasteiger partial charge is 0.478 e. The van der Waals surface area contributed by atoms with Gasteiger partial charge >= 0.3 is 0 Å². The van der Waals surface area contributed by atoms with E-state index in [9.17, 15) is 9.18 Å². The van der Waals surface area contributed by atoms with Crippen molar-refractivity contribution in [3.8, 4) is 17.3 Å². The number of rotatable bonds is 7. The van der Waals surface area contributed by atoms with Crippen LogP contribution in [0.4, 0.5) is 4.39 Å². The first-order valence-corrected chi connectivity index (χ1v) is 8.56. The molecule has 7 nitrogen and oxygen atoms in total. The van der Waals surface area contributed by atoms with Gasteiger partial charge in [0, 0.05) is 28.4 Å². The molecule has 0 aliphatic rings. The van der Waals surface area contributed by atoms with Crippen molar-refractivity contribution in [1.29, 1.82) is 0 Å². The fourth-order valence-corrected chi connectivity index (χ4v) is 2.52. The Balaban J connectivity index is 1.58.